The summed E-state index contributed by atoms with van der Waals surface area (Å²) in [6.07, 6.45) is 0.955. The molecule has 3 aromatic rings. The molecule has 0 aliphatic heterocycles. The van der Waals surface area contributed by atoms with Crippen LogP contribution in [0.3, 0.4) is 0 Å². The fourth-order valence-corrected chi connectivity index (χ4v) is 3.10. The fourth-order valence-electron chi connectivity index (χ4n) is 2.41. The Labute approximate surface area is 149 Å². The Morgan fingerprint density at radius 1 is 1.12 bits per heavy atom. The molecule has 1 aromatic heterocycles. The molecule has 0 bridgehead atoms. The van der Waals surface area contributed by atoms with Gasteiger partial charge in [0.25, 0.3) is 0 Å². The molecular formula is C18H18N4O2S. The summed E-state index contributed by atoms with van der Waals surface area (Å²) in [4.78, 5) is 11.1. The zero-order valence-corrected chi connectivity index (χ0v) is 14.5. The van der Waals surface area contributed by atoms with Crippen LogP contribution in [0, 0.1) is 0 Å². The van der Waals surface area contributed by atoms with Gasteiger partial charge in [-0.25, -0.2) is 0 Å². The first-order valence-electron chi connectivity index (χ1n) is 7.83. The number of thioether (sulfide) groups is 1. The molecule has 1 amide bonds. The number of amides is 1. The van der Waals surface area contributed by atoms with E-state index >= 15 is 0 Å². The van der Waals surface area contributed by atoms with E-state index in [1.54, 1.807) is 24.3 Å². The average Bonchev–Trinajstić information content (AvgIpc) is 3.04. The van der Waals surface area contributed by atoms with Gasteiger partial charge < -0.3 is 10.8 Å². The number of phenolic OH excluding ortho intramolecular Hbond substituents is 1. The van der Waals surface area contributed by atoms with Gasteiger partial charge in [0, 0.05) is 11.3 Å². The minimum atomic E-state index is -0.410. The van der Waals surface area contributed by atoms with Crippen LogP contribution in [0.5, 0.6) is 5.75 Å². The molecule has 25 heavy (non-hydrogen) atoms. The number of carbonyl (C=O) groups is 1. The molecule has 0 aliphatic rings. The van der Waals surface area contributed by atoms with E-state index in [0.717, 1.165) is 17.7 Å². The second-order valence-electron chi connectivity index (χ2n) is 5.46. The topological polar surface area (TPSA) is 94.0 Å². The molecule has 2 aromatic carbocycles. The van der Waals surface area contributed by atoms with Crippen molar-refractivity contribution in [2.45, 2.75) is 18.5 Å². The third-order valence-electron chi connectivity index (χ3n) is 3.71. The predicted octanol–water partition coefficient (Wildman–Crippen LogP) is 2.78. The third-order valence-corrected chi connectivity index (χ3v) is 4.66. The van der Waals surface area contributed by atoms with Gasteiger partial charge in [-0.15, -0.1) is 10.2 Å². The second-order valence-corrected chi connectivity index (χ2v) is 6.41. The highest BCUT2D eigenvalue weighted by Crippen LogP contribution is 2.29. The van der Waals surface area contributed by atoms with Crippen LogP contribution >= 0.6 is 11.8 Å². The number of benzene rings is 2. The highest BCUT2D eigenvalue weighted by atomic mass is 32.2. The number of hydrogen-bond donors (Lipinski definition) is 2. The Hall–Kier alpha value is -2.80. The van der Waals surface area contributed by atoms with Crippen molar-refractivity contribution in [2.75, 3.05) is 5.75 Å². The Balaban J connectivity index is 2.08. The molecule has 3 N–H and O–H groups in total. The Kier molecular flexibility index (Phi) is 5.04. The van der Waals surface area contributed by atoms with E-state index in [1.165, 1.54) is 17.3 Å². The van der Waals surface area contributed by atoms with Crippen LogP contribution in [0.25, 0.3) is 17.1 Å². The second kappa shape index (κ2) is 7.40. The van der Waals surface area contributed by atoms with Crippen molar-refractivity contribution in [3.8, 4) is 22.8 Å². The van der Waals surface area contributed by atoms with Crippen molar-refractivity contribution in [1.29, 1.82) is 0 Å². The lowest BCUT2D eigenvalue weighted by Crippen LogP contribution is -2.13. The van der Waals surface area contributed by atoms with Crippen molar-refractivity contribution >= 4 is 17.7 Å². The molecule has 1 heterocycles. The number of rotatable bonds is 6. The number of primary amides is 1. The number of hydrogen-bond acceptors (Lipinski definition) is 5. The lowest BCUT2D eigenvalue weighted by molar-refractivity contribution is -0.115. The smallest absolute Gasteiger partial charge is 0.227 e. The first kappa shape index (κ1) is 17.0. The van der Waals surface area contributed by atoms with Gasteiger partial charge in [0.1, 0.15) is 5.75 Å². The number of aromatic hydroxyl groups is 1. The molecule has 128 valence electrons. The van der Waals surface area contributed by atoms with Gasteiger partial charge in [0.05, 0.1) is 5.75 Å². The lowest BCUT2D eigenvalue weighted by atomic mass is 10.1. The number of aryl methyl sites for hydroxylation is 1. The summed E-state index contributed by atoms with van der Waals surface area (Å²) in [5, 5.41) is 18.6. The first-order chi connectivity index (χ1) is 12.1. The Morgan fingerprint density at radius 3 is 2.40 bits per heavy atom. The van der Waals surface area contributed by atoms with Crippen molar-refractivity contribution in [3.63, 3.8) is 0 Å². The van der Waals surface area contributed by atoms with Crippen LogP contribution in [-0.2, 0) is 11.2 Å². The molecule has 0 fully saturated rings. The maximum Gasteiger partial charge on any atom is 0.227 e. The first-order valence-corrected chi connectivity index (χ1v) is 8.82. The lowest BCUT2D eigenvalue weighted by Gasteiger charge is -2.11. The van der Waals surface area contributed by atoms with E-state index in [9.17, 15) is 9.90 Å². The summed E-state index contributed by atoms with van der Waals surface area (Å²) < 4.78 is 1.89. The monoisotopic (exact) mass is 354 g/mol. The molecular weight excluding hydrogens is 336 g/mol. The maximum absolute atomic E-state index is 11.1. The van der Waals surface area contributed by atoms with Gasteiger partial charge in [-0.05, 0) is 48.4 Å². The predicted molar refractivity (Wildman–Crippen MR) is 97.8 cm³/mol. The molecule has 0 unspecified atom stereocenters. The van der Waals surface area contributed by atoms with Gasteiger partial charge in [-0.1, -0.05) is 30.8 Å². The highest BCUT2D eigenvalue weighted by molar-refractivity contribution is 7.99. The number of carbonyl (C=O) groups excluding carboxylic acids is 1. The van der Waals surface area contributed by atoms with Crippen LogP contribution in [0.1, 0.15) is 12.5 Å². The third kappa shape index (κ3) is 3.83. The van der Waals surface area contributed by atoms with Gasteiger partial charge in [-0.3, -0.25) is 9.36 Å². The summed E-state index contributed by atoms with van der Waals surface area (Å²) in [5.41, 5.74) is 8.20. The van der Waals surface area contributed by atoms with Gasteiger partial charge >= 0.3 is 0 Å². The van der Waals surface area contributed by atoms with Crippen molar-refractivity contribution in [3.05, 3.63) is 54.1 Å². The summed E-state index contributed by atoms with van der Waals surface area (Å²) in [7, 11) is 0. The quantitative estimate of drug-likeness (QED) is 0.664. The zero-order valence-electron chi connectivity index (χ0n) is 13.7. The van der Waals surface area contributed by atoms with Crippen LogP contribution in [0.15, 0.2) is 53.7 Å². The van der Waals surface area contributed by atoms with Gasteiger partial charge in [-0.2, -0.15) is 0 Å². The van der Waals surface area contributed by atoms with E-state index in [4.69, 9.17) is 5.73 Å². The van der Waals surface area contributed by atoms with Crippen LogP contribution in [0.4, 0.5) is 0 Å². The minimum Gasteiger partial charge on any atom is -0.508 e. The van der Waals surface area contributed by atoms with Crippen LogP contribution < -0.4 is 5.73 Å². The van der Waals surface area contributed by atoms with E-state index < -0.39 is 5.91 Å². The molecule has 3 rings (SSSR count). The molecule has 7 heteroatoms. The van der Waals surface area contributed by atoms with Crippen LogP contribution in [0.2, 0.25) is 0 Å². The van der Waals surface area contributed by atoms with E-state index in [2.05, 4.69) is 29.3 Å². The Bertz CT molecular complexity index is 873. The number of aromatic nitrogens is 3. The van der Waals surface area contributed by atoms with Crippen molar-refractivity contribution in [1.82, 2.24) is 14.8 Å². The van der Waals surface area contributed by atoms with E-state index in [0.29, 0.717) is 11.0 Å². The number of nitrogens with zero attached hydrogens (tertiary/aromatic N) is 3. The summed E-state index contributed by atoms with van der Waals surface area (Å²) in [5.74, 6) is 0.537. The number of phenols is 1. The summed E-state index contributed by atoms with van der Waals surface area (Å²) in [6.45, 7) is 2.10. The molecule has 0 saturated carbocycles. The summed E-state index contributed by atoms with van der Waals surface area (Å²) >= 11 is 1.24. The van der Waals surface area contributed by atoms with Crippen molar-refractivity contribution < 1.29 is 9.90 Å². The molecule has 0 radical (unpaired) electrons. The molecule has 0 saturated heterocycles. The van der Waals surface area contributed by atoms with E-state index in [1.807, 2.05) is 16.7 Å². The normalized spacial score (nSPS) is 10.8. The largest absolute Gasteiger partial charge is 0.508 e. The zero-order chi connectivity index (χ0) is 17.8. The maximum atomic E-state index is 11.1. The molecule has 0 spiro atoms. The van der Waals surface area contributed by atoms with Crippen molar-refractivity contribution in [2.24, 2.45) is 5.73 Å². The average molecular weight is 354 g/mol. The van der Waals surface area contributed by atoms with E-state index in [-0.39, 0.29) is 11.5 Å². The fraction of sp³-hybridized carbons (Fsp3) is 0.167. The summed E-state index contributed by atoms with van der Waals surface area (Å²) in [6, 6.07) is 14.9. The van der Waals surface area contributed by atoms with Gasteiger partial charge in [0.2, 0.25) is 5.91 Å². The SMILES string of the molecule is CCc1ccc(-n2c(SCC(N)=O)nnc2-c2ccc(O)cc2)cc1. The standard InChI is InChI=1S/C18H18N4O2S/c1-2-12-3-7-14(8-4-12)22-17(13-5-9-15(23)10-6-13)20-21-18(22)25-11-16(19)24/h3-10,23H,2,11H2,1H3,(H2,19,24). The highest BCUT2D eigenvalue weighted by Gasteiger charge is 2.16. The minimum absolute atomic E-state index is 0.126. The number of nitrogens with two attached hydrogens (primary N) is 1. The molecule has 6 nitrogen and oxygen atoms in total. The molecule has 0 atom stereocenters. The Morgan fingerprint density at radius 2 is 1.80 bits per heavy atom. The van der Waals surface area contributed by atoms with Gasteiger partial charge in [0.15, 0.2) is 11.0 Å². The van der Waals surface area contributed by atoms with Crippen LogP contribution in [-0.4, -0.2) is 31.5 Å². The molecule has 0 aliphatic carbocycles.